The van der Waals surface area contributed by atoms with Crippen LogP contribution in [0.2, 0.25) is 0 Å². The number of carbonyl (C=O) groups excluding carboxylic acids is 1. The van der Waals surface area contributed by atoms with Crippen molar-refractivity contribution in [3.63, 3.8) is 0 Å². The van der Waals surface area contributed by atoms with E-state index in [0.717, 1.165) is 23.5 Å². The summed E-state index contributed by atoms with van der Waals surface area (Å²) in [6, 6.07) is 1.97. The van der Waals surface area contributed by atoms with Crippen LogP contribution in [0.3, 0.4) is 0 Å². The fourth-order valence-corrected chi connectivity index (χ4v) is 3.75. The molecule has 3 unspecified atom stereocenters. The first-order valence-electron chi connectivity index (χ1n) is 7.01. The number of alkyl halides is 1. The molecule has 0 N–H and O–H groups in total. The summed E-state index contributed by atoms with van der Waals surface area (Å²) in [4.78, 5) is 11.8. The van der Waals surface area contributed by atoms with Crippen LogP contribution in [0.1, 0.15) is 41.0 Å². The van der Waals surface area contributed by atoms with Gasteiger partial charge in [-0.15, -0.1) is 11.6 Å². The third-order valence-electron chi connectivity index (χ3n) is 4.64. The number of halogens is 1. The normalized spacial score (nSPS) is 29.1. The Morgan fingerprint density at radius 2 is 2.26 bits per heavy atom. The minimum atomic E-state index is 0.0187. The van der Waals surface area contributed by atoms with Gasteiger partial charge < -0.3 is 9.30 Å². The van der Waals surface area contributed by atoms with Crippen molar-refractivity contribution in [1.82, 2.24) is 4.57 Å². The lowest BCUT2D eigenvalue weighted by Gasteiger charge is -2.21. The molecular weight excluding hydrogens is 262 g/mol. The lowest BCUT2D eigenvalue weighted by molar-refractivity contribution is 0.0897. The average molecular weight is 282 g/mol. The molecule has 4 heteroatoms. The molecule has 19 heavy (non-hydrogen) atoms. The summed E-state index contributed by atoms with van der Waals surface area (Å²) in [6.07, 6.45) is 4.50. The Hall–Kier alpha value is -0.800. The number of ether oxygens (including phenoxy) is 1. The monoisotopic (exact) mass is 281 g/mol. The van der Waals surface area contributed by atoms with Crippen LogP contribution in [0, 0.1) is 19.8 Å². The number of aromatic nitrogens is 1. The van der Waals surface area contributed by atoms with Gasteiger partial charge in [-0.1, -0.05) is 0 Å². The summed E-state index contributed by atoms with van der Waals surface area (Å²) in [5.41, 5.74) is 2.97. The van der Waals surface area contributed by atoms with Gasteiger partial charge in [-0.2, -0.15) is 0 Å². The Morgan fingerprint density at radius 3 is 2.84 bits per heavy atom. The molecule has 104 valence electrons. The first-order chi connectivity index (χ1) is 9.10. The third-order valence-corrected chi connectivity index (χ3v) is 4.89. The Labute approximate surface area is 118 Å². The highest BCUT2D eigenvalue weighted by Crippen LogP contribution is 2.40. The summed E-state index contributed by atoms with van der Waals surface area (Å²) in [7, 11) is 0. The van der Waals surface area contributed by atoms with Crippen LogP contribution in [0.15, 0.2) is 6.07 Å². The quantitative estimate of drug-likeness (QED) is 0.627. The molecule has 0 aliphatic carbocycles. The summed E-state index contributed by atoms with van der Waals surface area (Å²) in [5.74, 6) is 0.675. The number of hydrogen-bond donors (Lipinski definition) is 0. The van der Waals surface area contributed by atoms with E-state index in [1.165, 1.54) is 19.3 Å². The maximum absolute atomic E-state index is 11.8. The van der Waals surface area contributed by atoms with Crippen molar-refractivity contribution < 1.29 is 9.53 Å². The van der Waals surface area contributed by atoms with Gasteiger partial charge in [0.1, 0.15) is 0 Å². The van der Waals surface area contributed by atoms with Gasteiger partial charge in [-0.05, 0) is 39.2 Å². The standard InChI is InChI=1S/C15H20ClNO2/c1-9-5-13(14(18)7-16)10(2)17(9)8-11-6-12-3-4-15(11)19-12/h5,11-12,15H,3-4,6-8H2,1-2H3. The molecule has 2 fully saturated rings. The molecule has 3 nitrogen and oxygen atoms in total. The number of ketones is 1. The van der Waals surface area contributed by atoms with E-state index < -0.39 is 0 Å². The SMILES string of the molecule is Cc1cc(C(=O)CCl)c(C)n1CC1CC2CCC1O2. The average Bonchev–Trinajstić information content (AvgIpc) is 3.08. The molecule has 1 aromatic heterocycles. The fraction of sp³-hybridized carbons (Fsp3) is 0.667. The molecule has 2 aliphatic rings. The number of aryl methyl sites for hydroxylation is 1. The van der Waals surface area contributed by atoms with E-state index >= 15 is 0 Å². The Morgan fingerprint density at radius 1 is 1.47 bits per heavy atom. The van der Waals surface area contributed by atoms with Crippen molar-refractivity contribution >= 4 is 17.4 Å². The largest absolute Gasteiger partial charge is 0.375 e. The van der Waals surface area contributed by atoms with E-state index in [0.29, 0.717) is 18.1 Å². The van der Waals surface area contributed by atoms with Gasteiger partial charge in [0, 0.05) is 29.4 Å². The van der Waals surface area contributed by atoms with Crippen molar-refractivity contribution in [2.75, 3.05) is 5.88 Å². The van der Waals surface area contributed by atoms with Crippen molar-refractivity contribution in [3.8, 4) is 0 Å². The number of fused-ring (bicyclic) bond motifs is 2. The van der Waals surface area contributed by atoms with Gasteiger partial charge in [0.25, 0.3) is 0 Å². The molecular formula is C15H20ClNO2. The Balaban J connectivity index is 1.81. The molecule has 0 saturated carbocycles. The number of carbonyl (C=O) groups is 1. The molecule has 0 spiro atoms. The summed E-state index contributed by atoms with van der Waals surface area (Å²) < 4.78 is 8.17. The highest BCUT2D eigenvalue weighted by molar-refractivity contribution is 6.30. The summed E-state index contributed by atoms with van der Waals surface area (Å²) >= 11 is 5.66. The molecule has 3 atom stereocenters. The first kappa shape index (κ1) is 13.2. The van der Waals surface area contributed by atoms with Gasteiger partial charge in [0.15, 0.2) is 5.78 Å². The second-order valence-electron chi connectivity index (χ2n) is 5.82. The third kappa shape index (κ3) is 2.23. The van der Waals surface area contributed by atoms with Crippen LogP contribution in [-0.4, -0.2) is 28.4 Å². The van der Waals surface area contributed by atoms with Crippen molar-refractivity contribution in [2.24, 2.45) is 5.92 Å². The zero-order valence-corrected chi connectivity index (χ0v) is 12.2. The van der Waals surface area contributed by atoms with E-state index in [9.17, 15) is 4.79 Å². The minimum absolute atomic E-state index is 0.0187. The molecule has 3 heterocycles. The molecule has 1 aromatic rings. The molecule has 0 radical (unpaired) electrons. The van der Waals surface area contributed by atoms with E-state index in [-0.39, 0.29) is 11.7 Å². The van der Waals surface area contributed by atoms with Crippen LogP contribution >= 0.6 is 11.6 Å². The lowest BCUT2D eigenvalue weighted by atomic mass is 9.89. The molecule has 2 bridgehead atoms. The number of hydrogen-bond acceptors (Lipinski definition) is 2. The van der Waals surface area contributed by atoms with Gasteiger partial charge in [-0.3, -0.25) is 4.79 Å². The highest BCUT2D eigenvalue weighted by atomic mass is 35.5. The predicted octanol–water partition coefficient (Wildman–Crippen LogP) is 3.09. The minimum Gasteiger partial charge on any atom is -0.375 e. The highest BCUT2D eigenvalue weighted by Gasteiger charge is 2.40. The van der Waals surface area contributed by atoms with Crippen molar-refractivity contribution in [1.29, 1.82) is 0 Å². The van der Waals surface area contributed by atoms with Gasteiger partial charge in [0.05, 0.1) is 18.1 Å². The van der Waals surface area contributed by atoms with Crippen LogP contribution < -0.4 is 0 Å². The zero-order valence-electron chi connectivity index (χ0n) is 11.5. The molecule has 3 rings (SSSR count). The van der Waals surface area contributed by atoms with Crippen LogP contribution in [0.25, 0.3) is 0 Å². The molecule has 2 saturated heterocycles. The van der Waals surface area contributed by atoms with E-state index in [4.69, 9.17) is 16.3 Å². The first-order valence-corrected chi connectivity index (χ1v) is 7.55. The van der Waals surface area contributed by atoms with Crippen LogP contribution in [0.5, 0.6) is 0 Å². The topological polar surface area (TPSA) is 31.2 Å². The number of Topliss-reactive ketones (excluding diaryl/α,β-unsaturated/α-hetero) is 1. The molecule has 0 aromatic carbocycles. The smallest absolute Gasteiger partial charge is 0.179 e. The maximum atomic E-state index is 11.8. The van der Waals surface area contributed by atoms with Crippen LogP contribution in [0.4, 0.5) is 0 Å². The summed E-state index contributed by atoms with van der Waals surface area (Å²) in [5, 5.41) is 0. The van der Waals surface area contributed by atoms with E-state index in [2.05, 4.69) is 11.5 Å². The summed E-state index contributed by atoms with van der Waals surface area (Å²) in [6.45, 7) is 5.04. The second kappa shape index (κ2) is 4.95. The fourth-order valence-electron chi connectivity index (χ4n) is 3.61. The van der Waals surface area contributed by atoms with Crippen molar-refractivity contribution in [3.05, 3.63) is 23.0 Å². The van der Waals surface area contributed by atoms with Crippen molar-refractivity contribution in [2.45, 2.75) is 51.9 Å². The lowest BCUT2D eigenvalue weighted by Crippen LogP contribution is -2.23. The number of nitrogens with zero attached hydrogens (tertiary/aromatic N) is 1. The van der Waals surface area contributed by atoms with E-state index in [1.807, 2.05) is 13.0 Å². The number of rotatable bonds is 4. The van der Waals surface area contributed by atoms with Crippen LogP contribution in [-0.2, 0) is 11.3 Å². The van der Waals surface area contributed by atoms with E-state index in [1.54, 1.807) is 0 Å². The van der Waals surface area contributed by atoms with Gasteiger partial charge in [-0.25, -0.2) is 0 Å². The second-order valence-corrected chi connectivity index (χ2v) is 6.09. The molecule has 2 aliphatic heterocycles. The van der Waals surface area contributed by atoms with Gasteiger partial charge in [0.2, 0.25) is 0 Å². The molecule has 0 amide bonds. The predicted molar refractivity (Wildman–Crippen MR) is 75.0 cm³/mol. The zero-order chi connectivity index (χ0) is 13.6. The van der Waals surface area contributed by atoms with Gasteiger partial charge >= 0.3 is 0 Å². The Bertz CT molecular complexity index is 508. The maximum Gasteiger partial charge on any atom is 0.179 e. The Kier molecular flexibility index (Phi) is 3.44.